The van der Waals surface area contributed by atoms with Crippen molar-refractivity contribution in [3.8, 4) is 34.5 Å². The second kappa shape index (κ2) is 13.6. The first-order chi connectivity index (χ1) is 24.2. The van der Waals surface area contributed by atoms with Crippen molar-refractivity contribution in [2.45, 2.75) is 111 Å². The Balaban J connectivity index is 2.04. The Morgan fingerprint density at radius 3 is 1.36 bits per heavy atom. The van der Waals surface area contributed by atoms with E-state index in [9.17, 15) is 8.78 Å². The molecule has 0 spiro atoms. The maximum atomic E-state index is 17.1. The molecule has 0 atom stereocenters. The van der Waals surface area contributed by atoms with E-state index in [-0.39, 0.29) is 27.0 Å². The van der Waals surface area contributed by atoms with Crippen LogP contribution in [0.15, 0.2) is 65.1 Å². The molecule has 1 heterocycles. The summed E-state index contributed by atoms with van der Waals surface area (Å²) in [6, 6.07) is 18.1. The highest BCUT2D eigenvalue weighted by Crippen LogP contribution is 2.58. The van der Waals surface area contributed by atoms with Crippen molar-refractivity contribution in [2.24, 2.45) is 0 Å². The third kappa shape index (κ3) is 7.71. The van der Waals surface area contributed by atoms with Crippen LogP contribution in [0.1, 0.15) is 105 Å². The summed E-state index contributed by atoms with van der Waals surface area (Å²) >= 11 is 3.61. The van der Waals surface area contributed by atoms with Crippen molar-refractivity contribution >= 4 is 39.0 Å². The molecule has 0 saturated heterocycles. The first kappa shape index (κ1) is 40.6. The Labute approximate surface area is 322 Å². The van der Waals surface area contributed by atoms with Crippen LogP contribution in [0.3, 0.4) is 0 Å². The van der Waals surface area contributed by atoms with Crippen LogP contribution in [0, 0.1) is 0 Å². The van der Waals surface area contributed by atoms with Crippen molar-refractivity contribution in [1.29, 1.82) is 0 Å². The average Bonchev–Trinajstić information content (AvgIpc) is 3.39. The molecule has 0 saturated carbocycles. The van der Waals surface area contributed by atoms with Crippen LogP contribution in [-0.2, 0) is 26.2 Å². The molecule has 0 radical (unpaired) electrons. The van der Waals surface area contributed by atoms with Gasteiger partial charge in [-0.25, -0.2) is 0 Å². The van der Waals surface area contributed by atoms with E-state index < -0.39 is 35.1 Å². The molecule has 1 aliphatic rings. The predicted octanol–water partition coefficient (Wildman–Crippen LogP) is 11.4. The molecule has 4 aromatic rings. The lowest BCUT2D eigenvalue weighted by Crippen LogP contribution is -2.32. The van der Waals surface area contributed by atoms with E-state index in [2.05, 4.69) is 99.0 Å². The lowest BCUT2D eigenvalue weighted by atomic mass is 9.79. The van der Waals surface area contributed by atoms with Gasteiger partial charge in [0, 0.05) is 38.2 Å². The molecule has 0 aliphatic carbocycles. The zero-order chi connectivity index (χ0) is 39.7. The van der Waals surface area contributed by atoms with Gasteiger partial charge in [0.2, 0.25) is 5.75 Å². The number of fused-ring (bicyclic) bond motifs is 1. The van der Waals surface area contributed by atoms with Gasteiger partial charge in [-0.05, 0) is 80.1 Å². The molecule has 286 valence electrons. The van der Waals surface area contributed by atoms with E-state index in [1.807, 2.05) is 30.3 Å². The van der Waals surface area contributed by atoms with Gasteiger partial charge in [0.15, 0.2) is 18.6 Å². The van der Waals surface area contributed by atoms with E-state index in [0.717, 1.165) is 22.3 Å². The minimum absolute atomic E-state index is 0.0667. The fourth-order valence-electron chi connectivity index (χ4n) is 6.63. The number of hydrogen-bond donors (Lipinski definition) is 0. The highest BCUT2D eigenvalue weighted by molar-refractivity contribution is 9.10. The number of ether oxygens (including phenoxy) is 5. The second-order valence-electron chi connectivity index (χ2n) is 17.7. The summed E-state index contributed by atoms with van der Waals surface area (Å²) < 4.78 is 75.8. The summed E-state index contributed by atoms with van der Waals surface area (Å²) in [6.45, 7) is 25.0. The standard InChI is InChI=1S/C43H52BrF2O6P/c1-39(2,3)28-20-26(21-29(35(28)48-13)40(4,5)6)53(47,27-22-30(41(7,8)9)36(49-14)31(23-27)42(10,11)12)33-24-32(50-25-18-16-15-17-19-25)37-38(34(33)44)52-43(45,46)51-37/h15-24H,1-14H3. The number of methoxy groups -OCH3 is 2. The highest BCUT2D eigenvalue weighted by atomic mass is 79.9. The zero-order valence-electron chi connectivity index (χ0n) is 33.3. The van der Waals surface area contributed by atoms with E-state index in [1.54, 1.807) is 38.5 Å². The van der Waals surface area contributed by atoms with Gasteiger partial charge in [0.1, 0.15) is 17.2 Å². The van der Waals surface area contributed by atoms with Gasteiger partial charge in [-0.2, -0.15) is 0 Å². The van der Waals surface area contributed by atoms with Crippen LogP contribution < -0.4 is 39.6 Å². The third-order valence-corrected chi connectivity index (χ3v) is 13.5. The van der Waals surface area contributed by atoms with Gasteiger partial charge in [-0.15, -0.1) is 8.78 Å². The average molecular weight is 814 g/mol. The Morgan fingerprint density at radius 1 is 0.623 bits per heavy atom. The van der Waals surface area contributed by atoms with Crippen LogP contribution in [0.4, 0.5) is 8.78 Å². The molecule has 53 heavy (non-hydrogen) atoms. The summed E-state index contributed by atoms with van der Waals surface area (Å²) in [4.78, 5) is 0. The van der Waals surface area contributed by atoms with Crippen molar-refractivity contribution < 1.29 is 37.0 Å². The smallest absolute Gasteiger partial charge is 0.496 e. The van der Waals surface area contributed by atoms with Gasteiger partial charge in [-0.3, -0.25) is 0 Å². The van der Waals surface area contributed by atoms with Crippen molar-refractivity contribution in [2.75, 3.05) is 14.2 Å². The number of halogens is 3. The van der Waals surface area contributed by atoms with Crippen LogP contribution >= 0.6 is 23.1 Å². The fraction of sp³-hybridized carbons (Fsp3) is 0.442. The molecule has 6 nitrogen and oxygen atoms in total. The van der Waals surface area contributed by atoms with Gasteiger partial charge >= 0.3 is 6.29 Å². The molecule has 0 N–H and O–H groups in total. The van der Waals surface area contributed by atoms with Crippen molar-refractivity contribution in [3.05, 3.63) is 87.4 Å². The summed E-state index contributed by atoms with van der Waals surface area (Å²) in [6.07, 6.45) is -3.99. The molecule has 0 fully saturated rings. The molecule has 0 aromatic heterocycles. The summed E-state index contributed by atoms with van der Waals surface area (Å²) in [5.74, 6) is 1.11. The molecule has 4 aromatic carbocycles. The quantitative estimate of drug-likeness (QED) is 0.173. The minimum atomic E-state index is -4.08. The largest absolute Gasteiger partial charge is 0.586 e. The molecule has 10 heteroatoms. The molecule has 1 aliphatic heterocycles. The van der Waals surface area contributed by atoms with E-state index in [1.165, 1.54) is 6.07 Å². The molecule has 0 unspecified atom stereocenters. The topological polar surface area (TPSA) is 63.2 Å². The van der Waals surface area contributed by atoms with Crippen LogP contribution in [0.2, 0.25) is 0 Å². The number of rotatable bonds is 7. The maximum Gasteiger partial charge on any atom is 0.586 e. The Morgan fingerprint density at radius 2 is 1.00 bits per heavy atom. The first-order valence-corrected chi connectivity index (χ1v) is 20.2. The fourth-order valence-corrected chi connectivity index (χ4v) is 10.5. The van der Waals surface area contributed by atoms with Gasteiger partial charge < -0.3 is 28.2 Å². The number of para-hydroxylation sites is 1. The normalized spacial score (nSPS) is 14.7. The predicted molar refractivity (Wildman–Crippen MR) is 214 cm³/mol. The summed E-state index contributed by atoms with van der Waals surface area (Å²) in [7, 11) is -0.788. The summed E-state index contributed by atoms with van der Waals surface area (Å²) in [5.41, 5.74) is 1.67. The van der Waals surface area contributed by atoms with E-state index in [4.69, 9.17) is 23.7 Å². The van der Waals surface area contributed by atoms with Gasteiger partial charge in [-0.1, -0.05) is 101 Å². The monoisotopic (exact) mass is 812 g/mol. The van der Waals surface area contributed by atoms with Crippen molar-refractivity contribution in [1.82, 2.24) is 0 Å². The van der Waals surface area contributed by atoms with Crippen LogP contribution in [0.5, 0.6) is 34.5 Å². The highest BCUT2D eigenvalue weighted by Gasteiger charge is 2.49. The van der Waals surface area contributed by atoms with Crippen LogP contribution in [-0.4, -0.2) is 20.5 Å². The Bertz CT molecular complexity index is 1930. The van der Waals surface area contributed by atoms with Crippen LogP contribution in [0.25, 0.3) is 0 Å². The third-order valence-electron chi connectivity index (χ3n) is 9.39. The number of hydrogen-bond acceptors (Lipinski definition) is 6. The molecular formula is C43H52BrF2O6P. The van der Waals surface area contributed by atoms with E-state index >= 15 is 4.57 Å². The molecule has 0 bridgehead atoms. The maximum absolute atomic E-state index is 17.1. The first-order valence-electron chi connectivity index (χ1n) is 17.7. The number of benzene rings is 4. The van der Waals surface area contributed by atoms with Gasteiger partial charge in [0.05, 0.1) is 18.7 Å². The van der Waals surface area contributed by atoms with Gasteiger partial charge in [0.25, 0.3) is 0 Å². The molecular weight excluding hydrogens is 761 g/mol. The second-order valence-corrected chi connectivity index (χ2v) is 21.2. The number of alkyl halides is 2. The lowest BCUT2D eigenvalue weighted by molar-refractivity contribution is -0.287. The Hall–Kier alpha value is -3.55. The summed E-state index contributed by atoms with van der Waals surface area (Å²) in [5, 5.41) is 1.20. The SMILES string of the molecule is COc1c(C(C)(C)C)cc(P(=O)(c2cc(C(C)(C)C)c(OC)c(C(C)(C)C)c2)c2cc(Oc3ccccc3)c3c(c2Br)OC(F)(F)O3)cc1C(C)(C)C. The minimum Gasteiger partial charge on any atom is -0.496 e. The Kier molecular flexibility index (Phi) is 10.5. The van der Waals surface area contributed by atoms with E-state index in [0.29, 0.717) is 27.9 Å². The van der Waals surface area contributed by atoms with Crippen molar-refractivity contribution in [3.63, 3.8) is 0 Å². The molecule has 5 rings (SSSR count). The zero-order valence-corrected chi connectivity index (χ0v) is 35.8. The molecule has 0 amide bonds. The lowest BCUT2D eigenvalue weighted by Gasteiger charge is -2.34.